The third-order valence-electron chi connectivity index (χ3n) is 3.33. The number of nitrogens with zero attached hydrogens (tertiary/aromatic N) is 2. The molecule has 1 aromatic heterocycles. The Kier molecular flexibility index (Phi) is 4.76. The van der Waals surface area contributed by atoms with Crippen LogP contribution in [0, 0.1) is 0 Å². The number of ether oxygens (including phenoxy) is 2. The van der Waals surface area contributed by atoms with Crippen LogP contribution in [0.25, 0.3) is 0 Å². The van der Waals surface area contributed by atoms with Crippen LogP contribution in [0.1, 0.15) is 6.42 Å². The van der Waals surface area contributed by atoms with Crippen LogP contribution in [0.15, 0.2) is 17.3 Å². The highest BCUT2D eigenvalue weighted by molar-refractivity contribution is 7.89. The summed E-state index contributed by atoms with van der Waals surface area (Å²) >= 11 is 0. The van der Waals surface area contributed by atoms with E-state index in [2.05, 4.69) is 9.82 Å². The number of sulfonamides is 1. The molecule has 0 bridgehead atoms. The van der Waals surface area contributed by atoms with Crippen LogP contribution >= 0.6 is 0 Å². The molecule has 2 N–H and O–H groups in total. The molecule has 9 heteroatoms. The van der Waals surface area contributed by atoms with Crippen LogP contribution in [0.2, 0.25) is 0 Å². The van der Waals surface area contributed by atoms with Gasteiger partial charge in [0.15, 0.2) is 0 Å². The summed E-state index contributed by atoms with van der Waals surface area (Å²) in [6.07, 6.45) is 3.28. The zero-order valence-electron chi connectivity index (χ0n) is 11.3. The molecule has 1 atom stereocenters. The molecule has 0 amide bonds. The summed E-state index contributed by atoms with van der Waals surface area (Å²) in [5, 5.41) is 12.7. The number of aromatic nitrogens is 2. The Morgan fingerprint density at radius 2 is 2.45 bits per heavy atom. The van der Waals surface area contributed by atoms with Crippen molar-refractivity contribution in [3.63, 3.8) is 0 Å². The summed E-state index contributed by atoms with van der Waals surface area (Å²) in [5.41, 5.74) is -0.603. The minimum atomic E-state index is -3.64. The topological polar surface area (TPSA) is 103 Å². The summed E-state index contributed by atoms with van der Waals surface area (Å²) in [4.78, 5) is 0.0659. The van der Waals surface area contributed by atoms with E-state index in [4.69, 9.17) is 14.6 Å². The normalized spacial score (nSPS) is 23.3. The Bertz CT molecular complexity index is 536. The predicted molar refractivity (Wildman–Crippen MR) is 69.7 cm³/mol. The quantitative estimate of drug-likeness (QED) is 0.667. The summed E-state index contributed by atoms with van der Waals surface area (Å²) in [7, 11) is -2.10. The smallest absolute Gasteiger partial charge is 0.243 e. The highest BCUT2D eigenvalue weighted by Gasteiger charge is 2.36. The number of hydrogen-bond donors (Lipinski definition) is 2. The third-order valence-corrected chi connectivity index (χ3v) is 4.69. The van der Waals surface area contributed by atoms with Gasteiger partial charge in [-0.3, -0.25) is 4.68 Å². The number of hydrogen-bond acceptors (Lipinski definition) is 6. The fraction of sp³-hybridized carbons (Fsp3) is 0.727. The Hall–Kier alpha value is -1.00. The highest BCUT2D eigenvalue weighted by atomic mass is 32.2. The molecule has 8 nitrogen and oxygen atoms in total. The average molecular weight is 305 g/mol. The maximum absolute atomic E-state index is 12.1. The fourth-order valence-electron chi connectivity index (χ4n) is 1.98. The molecule has 1 aliphatic rings. The van der Waals surface area contributed by atoms with Crippen molar-refractivity contribution in [2.45, 2.75) is 23.5 Å². The number of methoxy groups -OCH3 is 1. The minimum absolute atomic E-state index is 0.0659. The molecule has 2 rings (SSSR count). The molecule has 1 unspecified atom stereocenters. The molecular weight excluding hydrogens is 286 g/mol. The lowest BCUT2D eigenvalue weighted by molar-refractivity contribution is -0.0120. The van der Waals surface area contributed by atoms with E-state index in [9.17, 15) is 8.42 Å². The molecule has 0 radical (unpaired) electrons. The summed E-state index contributed by atoms with van der Waals surface area (Å²) in [6, 6.07) is 0. The first-order valence-corrected chi connectivity index (χ1v) is 7.75. The number of rotatable bonds is 7. The monoisotopic (exact) mass is 305 g/mol. The molecule has 1 aromatic rings. The standard InChI is InChI=1S/C11H19N3O5S/c1-18-11(2-5-19-9-11)8-13-20(16,17)10-6-12-14(7-10)3-4-15/h6-7,13,15H,2-5,8-9H2,1H3. The molecule has 0 aliphatic carbocycles. The van der Waals surface area contributed by atoms with Crippen molar-refractivity contribution >= 4 is 10.0 Å². The van der Waals surface area contributed by atoms with Gasteiger partial charge in [0, 0.05) is 32.9 Å². The van der Waals surface area contributed by atoms with Crippen LogP contribution in [0.5, 0.6) is 0 Å². The second kappa shape index (κ2) is 6.19. The van der Waals surface area contributed by atoms with Crippen molar-refractivity contribution < 1.29 is 23.0 Å². The van der Waals surface area contributed by atoms with E-state index in [0.29, 0.717) is 19.6 Å². The second-order valence-electron chi connectivity index (χ2n) is 4.68. The number of nitrogens with one attached hydrogen (secondary N) is 1. The first kappa shape index (κ1) is 15.4. The Balaban J connectivity index is 2.03. The Labute approximate surface area is 117 Å². The van der Waals surface area contributed by atoms with Crippen molar-refractivity contribution in [1.82, 2.24) is 14.5 Å². The lowest BCUT2D eigenvalue weighted by atomic mass is 10.0. The van der Waals surface area contributed by atoms with E-state index >= 15 is 0 Å². The van der Waals surface area contributed by atoms with E-state index in [1.807, 2.05) is 0 Å². The maximum atomic E-state index is 12.1. The van der Waals surface area contributed by atoms with Gasteiger partial charge in [-0.1, -0.05) is 0 Å². The van der Waals surface area contributed by atoms with Crippen molar-refractivity contribution in [1.29, 1.82) is 0 Å². The molecule has 0 spiro atoms. The van der Waals surface area contributed by atoms with Gasteiger partial charge in [0.1, 0.15) is 10.5 Å². The summed E-state index contributed by atoms with van der Waals surface area (Å²) in [5.74, 6) is 0. The molecule has 1 saturated heterocycles. The SMILES string of the molecule is COC1(CNS(=O)(=O)c2cnn(CCO)c2)CCOC1. The molecule has 0 aromatic carbocycles. The van der Waals surface area contributed by atoms with Crippen LogP contribution < -0.4 is 4.72 Å². The lowest BCUT2D eigenvalue weighted by Gasteiger charge is -2.25. The molecule has 114 valence electrons. The van der Waals surface area contributed by atoms with Gasteiger partial charge in [-0.25, -0.2) is 13.1 Å². The molecule has 0 saturated carbocycles. The lowest BCUT2D eigenvalue weighted by Crippen LogP contribution is -2.44. The van der Waals surface area contributed by atoms with Gasteiger partial charge in [-0.05, 0) is 0 Å². The molecule has 2 heterocycles. The summed E-state index contributed by atoms with van der Waals surface area (Å²) < 4.78 is 38.8. The van der Waals surface area contributed by atoms with Crippen LogP contribution in [-0.2, 0) is 26.0 Å². The van der Waals surface area contributed by atoms with Gasteiger partial charge in [0.05, 0.1) is 26.0 Å². The zero-order valence-corrected chi connectivity index (χ0v) is 12.1. The highest BCUT2D eigenvalue weighted by Crippen LogP contribution is 2.22. The minimum Gasteiger partial charge on any atom is -0.394 e. The van der Waals surface area contributed by atoms with Gasteiger partial charge >= 0.3 is 0 Å². The molecule has 1 aliphatic heterocycles. The molecule has 1 fully saturated rings. The van der Waals surface area contributed by atoms with Crippen LogP contribution in [-0.4, -0.2) is 62.4 Å². The first-order chi connectivity index (χ1) is 9.51. The van der Waals surface area contributed by atoms with Crippen LogP contribution in [0.3, 0.4) is 0 Å². The zero-order chi connectivity index (χ0) is 14.6. The van der Waals surface area contributed by atoms with Crippen molar-refractivity contribution in [2.75, 3.05) is 33.5 Å². The fourth-order valence-corrected chi connectivity index (χ4v) is 3.05. The van der Waals surface area contributed by atoms with Crippen molar-refractivity contribution in [3.05, 3.63) is 12.4 Å². The summed E-state index contributed by atoms with van der Waals surface area (Å²) in [6.45, 7) is 1.24. The van der Waals surface area contributed by atoms with E-state index in [1.54, 1.807) is 7.11 Å². The van der Waals surface area contributed by atoms with E-state index in [0.717, 1.165) is 0 Å². The van der Waals surface area contributed by atoms with Crippen molar-refractivity contribution in [2.24, 2.45) is 0 Å². The number of aliphatic hydroxyl groups excluding tert-OH is 1. The third kappa shape index (κ3) is 3.36. The average Bonchev–Trinajstić information content (AvgIpc) is 3.07. The van der Waals surface area contributed by atoms with Gasteiger partial charge in [0.25, 0.3) is 0 Å². The molecule has 20 heavy (non-hydrogen) atoms. The van der Waals surface area contributed by atoms with Crippen molar-refractivity contribution in [3.8, 4) is 0 Å². The Morgan fingerprint density at radius 3 is 3.05 bits per heavy atom. The Morgan fingerprint density at radius 1 is 1.65 bits per heavy atom. The maximum Gasteiger partial charge on any atom is 0.243 e. The molecular formula is C11H19N3O5S. The first-order valence-electron chi connectivity index (χ1n) is 6.27. The van der Waals surface area contributed by atoms with Gasteiger partial charge < -0.3 is 14.6 Å². The second-order valence-corrected chi connectivity index (χ2v) is 6.44. The largest absolute Gasteiger partial charge is 0.394 e. The van der Waals surface area contributed by atoms with Gasteiger partial charge in [-0.2, -0.15) is 5.10 Å². The predicted octanol–water partition coefficient (Wildman–Crippen LogP) is -1.04. The number of aliphatic hydroxyl groups is 1. The van der Waals surface area contributed by atoms with E-state index < -0.39 is 15.6 Å². The van der Waals surface area contributed by atoms with E-state index in [-0.39, 0.29) is 24.6 Å². The van der Waals surface area contributed by atoms with E-state index in [1.165, 1.54) is 17.1 Å². The van der Waals surface area contributed by atoms with Crippen LogP contribution in [0.4, 0.5) is 0 Å². The van der Waals surface area contributed by atoms with Gasteiger partial charge in [-0.15, -0.1) is 0 Å². The van der Waals surface area contributed by atoms with Gasteiger partial charge in [0.2, 0.25) is 10.0 Å².